The largest absolute Gasteiger partial charge is 0.368 e. The fraction of sp³-hybridized carbons (Fsp3) is 0.733. The van der Waals surface area contributed by atoms with Crippen molar-refractivity contribution in [1.82, 2.24) is 20.2 Å². The molecule has 1 aliphatic heterocycles. The zero-order valence-corrected chi connectivity index (χ0v) is 13.1. The second kappa shape index (κ2) is 7.11. The van der Waals surface area contributed by atoms with Crippen molar-refractivity contribution in [2.75, 3.05) is 39.8 Å². The number of aromatic nitrogens is 2. The molecule has 0 aromatic carbocycles. The summed E-state index contributed by atoms with van der Waals surface area (Å²) in [5, 5.41) is 3.35. The summed E-state index contributed by atoms with van der Waals surface area (Å²) in [5.74, 6) is 0.832. The number of nitrogens with zero attached hydrogens (tertiary/aromatic N) is 3. The van der Waals surface area contributed by atoms with Crippen molar-refractivity contribution in [1.29, 1.82) is 0 Å². The molecule has 1 N–H and O–H groups in total. The third kappa shape index (κ3) is 3.75. The molecule has 2 rings (SSSR count). The fourth-order valence-electron chi connectivity index (χ4n) is 2.60. The minimum Gasteiger partial charge on any atom is -0.368 e. The van der Waals surface area contributed by atoms with Crippen LogP contribution in [-0.4, -0.2) is 54.7 Å². The zero-order chi connectivity index (χ0) is 14.5. The predicted octanol–water partition coefficient (Wildman–Crippen LogP) is 1.25. The summed E-state index contributed by atoms with van der Waals surface area (Å²) in [7, 11) is 2.11. The zero-order valence-electron chi connectivity index (χ0n) is 13.1. The van der Waals surface area contributed by atoms with Gasteiger partial charge in [0, 0.05) is 24.5 Å². The first-order valence-electron chi connectivity index (χ1n) is 7.46. The number of rotatable bonds is 5. The van der Waals surface area contributed by atoms with Crippen LogP contribution in [0.15, 0.2) is 0 Å². The van der Waals surface area contributed by atoms with Gasteiger partial charge in [0.2, 0.25) is 0 Å². The van der Waals surface area contributed by atoms with E-state index in [9.17, 15) is 0 Å². The van der Waals surface area contributed by atoms with E-state index in [0.29, 0.717) is 0 Å². The van der Waals surface area contributed by atoms with Crippen molar-refractivity contribution in [3.8, 4) is 0 Å². The first kappa shape index (κ1) is 15.4. The summed E-state index contributed by atoms with van der Waals surface area (Å²) < 4.78 is 5.80. The summed E-state index contributed by atoms with van der Waals surface area (Å²) in [4.78, 5) is 11.6. The van der Waals surface area contributed by atoms with E-state index in [-0.39, 0.29) is 6.10 Å². The fourth-order valence-corrected chi connectivity index (χ4v) is 2.60. The molecule has 1 fully saturated rings. The van der Waals surface area contributed by atoms with E-state index in [2.05, 4.69) is 48.0 Å². The summed E-state index contributed by atoms with van der Waals surface area (Å²) >= 11 is 0. The number of nitrogens with one attached hydrogen (secondary N) is 1. The van der Waals surface area contributed by atoms with Crippen molar-refractivity contribution in [3.05, 3.63) is 22.8 Å². The molecule has 0 radical (unpaired) electrons. The van der Waals surface area contributed by atoms with Gasteiger partial charge < -0.3 is 15.0 Å². The van der Waals surface area contributed by atoms with Gasteiger partial charge in [0.15, 0.2) is 5.82 Å². The van der Waals surface area contributed by atoms with Crippen LogP contribution < -0.4 is 5.32 Å². The van der Waals surface area contributed by atoms with Gasteiger partial charge >= 0.3 is 0 Å². The van der Waals surface area contributed by atoms with Crippen LogP contribution in [0.4, 0.5) is 0 Å². The van der Waals surface area contributed by atoms with Crippen molar-refractivity contribution in [2.45, 2.75) is 33.3 Å². The number of likely N-dealkylation sites (N-methyl/N-ethyl adjacent to an activating group) is 2. The molecular formula is C15H26N4O. The van der Waals surface area contributed by atoms with Gasteiger partial charge in [-0.1, -0.05) is 6.92 Å². The van der Waals surface area contributed by atoms with Crippen LogP contribution in [0.2, 0.25) is 0 Å². The number of hydrogen-bond acceptors (Lipinski definition) is 5. The molecule has 1 aromatic rings. The van der Waals surface area contributed by atoms with Crippen molar-refractivity contribution in [3.63, 3.8) is 0 Å². The first-order chi connectivity index (χ1) is 9.61. The molecule has 0 amide bonds. The highest BCUT2D eigenvalue weighted by Crippen LogP contribution is 2.21. The Balaban J connectivity index is 2.12. The highest BCUT2D eigenvalue weighted by atomic mass is 16.5. The van der Waals surface area contributed by atoms with E-state index in [1.54, 1.807) is 0 Å². The average Bonchev–Trinajstić information content (AvgIpc) is 2.41. The van der Waals surface area contributed by atoms with E-state index in [4.69, 9.17) is 4.74 Å². The number of ether oxygens (including phenoxy) is 1. The number of morpholine rings is 1. The molecule has 20 heavy (non-hydrogen) atoms. The van der Waals surface area contributed by atoms with Gasteiger partial charge in [-0.05, 0) is 46.0 Å². The molecule has 0 spiro atoms. The minimum atomic E-state index is 0.00830. The second-order valence-electron chi connectivity index (χ2n) is 5.46. The Morgan fingerprint density at radius 3 is 2.60 bits per heavy atom. The Morgan fingerprint density at radius 1 is 1.30 bits per heavy atom. The molecule has 1 atom stereocenters. The molecule has 5 nitrogen and oxygen atoms in total. The standard InChI is InChI=1S/C15H26N4O/c1-5-16-7-6-13-11(2)17-15(18-12(13)3)14-10-19(4)8-9-20-14/h14,16H,5-10H2,1-4H3. The Hall–Kier alpha value is -1.04. The van der Waals surface area contributed by atoms with Crippen molar-refractivity contribution in [2.24, 2.45) is 0 Å². The Morgan fingerprint density at radius 2 is 2.00 bits per heavy atom. The molecule has 0 aliphatic carbocycles. The van der Waals surface area contributed by atoms with Gasteiger partial charge in [0.05, 0.1) is 6.61 Å². The molecule has 0 saturated carbocycles. The van der Waals surface area contributed by atoms with Crippen molar-refractivity contribution >= 4 is 0 Å². The maximum absolute atomic E-state index is 5.80. The molecule has 0 bridgehead atoms. The quantitative estimate of drug-likeness (QED) is 0.822. The summed E-state index contributed by atoms with van der Waals surface area (Å²) in [5.41, 5.74) is 3.43. The van der Waals surface area contributed by atoms with Gasteiger partial charge in [0.1, 0.15) is 6.10 Å². The van der Waals surface area contributed by atoms with Crippen LogP contribution in [0.25, 0.3) is 0 Å². The number of hydrogen-bond donors (Lipinski definition) is 1. The highest BCUT2D eigenvalue weighted by Gasteiger charge is 2.23. The third-order valence-corrected chi connectivity index (χ3v) is 3.80. The normalized spacial score (nSPS) is 20.3. The molecule has 1 saturated heterocycles. The lowest BCUT2D eigenvalue weighted by Crippen LogP contribution is -2.36. The lowest BCUT2D eigenvalue weighted by atomic mass is 10.1. The van der Waals surface area contributed by atoms with E-state index in [0.717, 1.165) is 56.4 Å². The van der Waals surface area contributed by atoms with E-state index >= 15 is 0 Å². The van der Waals surface area contributed by atoms with E-state index in [1.165, 1.54) is 5.56 Å². The average molecular weight is 278 g/mol. The van der Waals surface area contributed by atoms with Gasteiger partial charge in [0.25, 0.3) is 0 Å². The van der Waals surface area contributed by atoms with Crippen LogP contribution in [0.5, 0.6) is 0 Å². The van der Waals surface area contributed by atoms with Crippen LogP contribution in [-0.2, 0) is 11.2 Å². The predicted molar refractivity (Wildman–Crippen MR) is 79.9 cm³/mol. The van der Waals surface area contributed by atoms with Gasteiger partial charge in [-0.15, -0.1) is 0 Å². The van der Waals surface area contributed by atoms with E-state index < -0.39 is 0 Å². The monoisotopic (exact) mass is 278 g/mol. The minimum absolute atomic E-state index is 0.00830. The Kier molecular flexibility index (Phi) is 5.46. The van der Waals surface area contributed by atoms with Crippen LogP contribution >= 0.6 is 0 Å². The molecule has 5 heteroatoms. The first-order valence-corrected chi connectivity index (χ1v) is 7.46. The molecular weight excluding hydrogens is 252 g/mol. The Labute approximate surface area is 121 Å². The third-order valence-electron chi connectivity index (χ3n) is 3.80. The number of aryl methyl sites for hydroxylation is 2. The van der Waals surface area contributed by atoms with Crippen LogP contribution in [0.3, 0.4) is 0 Å². The molecule has 1 aromatic heterocycles. The van der Waals surface area contributed by atoms with Crippen molar-refractivity contribution < 1.29 is 4.74 Å². The smallest absolute Gasteiger partial charge is 0.158 e. The maximum Gasteiger partial charge on any atom is 0.158 e. The highest BCUT2D eigenvalue weighted by molar-refractivity contribution is 5.25. The molecule has 112 valence electrons. The van der Waals surface area contributed by atoms with Crippen LogP contribution in [0.1, 0.15) is 35.8 Å². The molecule has 1 aliphatic rings. The van der Waals surface area contributed by atoms with Crippen LogP contribution in [0, 0.1) is 13.8 Å². The Bertz CT molecular complexity index is 426. The summed E-state index contributed by atoms with van der Waals surface area (Å²) in [6.07, 6.45) is 0.992. The molecule has 1 unspecified atom stereocenters. The topological polar surface area (TPSA) is 50.3 Å². The van der Waals surface area contributed by atoms with E-state index in [1.807, 2.05) is 0 Å². The lowest BCUT2D eigenvalue weighted by Gasteiger charge is -2.29. The molecule has 2 heterocycles. The van der Waals surface area contributed by atoms with Gasteiger partial charge in [-0.25, -0.2) is 9.97 Å². The lowest BCUT2D eigenvalue weighted by molar-refractivity contribution is -0.0256. The van der Waals surface area contributed by atoms with Gasteiger partial charge in [-0.2, -0.15) is 0 Å². The maximum atomic E-state index is 5.80. The second-order valence-corrected chi connectivity index (χ2v) is 5.46. The van der Waals surface area contributed by atoms with Gasteiger partial charge in [-0.3, -0.25) is 0 Å². The SMILES string of the molecule is CCNCCc1c(C)nc(C2CN(C)CCO2)nc1C. The summed E-state index contributed by atoms with van der Waals surface area (Å²) in [6.45, 7) is 10.9. The summed E-state index contributed by atoms with van der Waals surface area (Å²) in [6, 6.07) is 0.